The minimum atomic E-state index is -0.166. The van der Waals surface area contributed by atoms with Crippen LogP contribution < -0.4 is 19.9 Å². The first kappa shape index (κ1) is 20.7. The summed E-state index contributed by atoms with van der Waals surface area (Å²) in [5, 5.41) is 3.19. The van der Waals surface area contributed by atoms with Crippen molar-refractivity contribution in [2.45, 2.75) is 19.3 Å². The standard InChI is InChI=1S/C24H27N5O2/c1-28(19-9-5-3-6-10-19)23(30)18-16-25-24(26-17-18)27-21-12-11-20(15-22(21)31-2)29-13-7-4-8-14-29/h3,5-6,9-12,15-17H,4,7-8,13-14H2,1-2H3,(H,25,26,27). The molecule has 0 bridgehead atoms. The fourth-order valence-corrected chi connectivity index (χ4v) is 3.72. The minimum absolute atomic E-state index is 0.166. The van der Waals surface area contributed by atoms with Crippen LogP contribution >= 0.6 is 0 Å². The predicted octanol–water partition coefficient (Wildman–Crippen LogP) is 4.50. The van der Waals surface area contributed by atoms with Gasteiger partial charge in [-0.3, -0.25) is 4.79 Å². The second kappa shape index (κ2) is 9.47. The zero-order chi connectivity index (χ0) is 21.6. The molecule has 3 aromatic rings. The van der Waals surface area contributed by atoms with E-state index < -0.39 is 0 Å². The molecule has 0 radical (unpaired) electrons. The highest BCUT2D eigenvalue weighted by molar-refractivity contribution is 6.05. The quantitative estimate of drug-likeness (QED) is 0.637. The van der Waals surface area contributed by atoms with Gasteiger partial charge in [0.05, 0.1) is 18.4 Å². The molecule has 1 amide bonds. The van der Waals surface area contributed by atoms with E-state index in [0.29, 0.717) is 11.5 Å². The van der Waals surface area contributed by atoms with E-state index in [1.807, 2.05) is 42.5 Å². The molecule has 0 spiro atoms. The maximum atomic E-state index is 12.7. The summed E-state index contributed by atoms with van der Waals surface area (Å²) >= 11 is 0. The van der Waals surface area contributed by atoms with Gasteiger partial charge in [-0.25, -0.2) is 9.97 Å². The molecule has 7 nitrogen and oxygen atoms in total. The molecule has 0 saturated carbocycles. The predicted molar refractivity (Wildman–Crippen MR) is 124 cm³/mol. The highest BCUT2D eigenvalue weighted by atomic mass is 16.5. The lowest BCUT2D eigenvalue weighted by Crippen LogP contribution is -2.29. The van der Waals surface area contributed by atoms with Crippen molar-refractivity contribution in [2.24, 2.45) is 0 Å². The van der Waals surface area contributed by atoms with Crippen molar-refractivity contribution in [3.05, 3.63) is 66.5 Å². The Labute approximate surface area is 182 Å². The third-order valence-electron chi connectivity index (χ3n) is 5.50. The summed E-state index contributed by atoms with van der Waals surface area (Å²) in [6, 6.07) is 15.6. The third-order valence-corrected chi connectivity index (χ3v) is 5.50. The Balaban J connectivity index is 1.46. The van der Waals surface area contributed by atoms with E-state index in [0.717, 1.165) is 35.9 Å². The molecular weight excluding hydrogens is 390 g/mol. The first-order valence-corrected chi connectivity index (χ1v) is 10.5. The number of piperidine rings is 1. The number of benzene rings is 2. The molecule has 1 fully saturated rings. The summed E-state index contributed by atoms with van der Waals surface area (Å²) in [7, 11) is 3.39. The summed E-state index contributed by atoms with van der Waals surface area (Å²) in [4.78, 5) is 25.3. The molecule has 0 unspecified atom stereocenters. The van der Waals surface area contributed by atoms with Gasteiger partial charge >= 0.3 is 0 Å². The number of rotatable bonds is 6. The number of hydrogen-bond donors (Lipinski definition) is 1. The number of aromatic nitrogens is 2. The Hall–Kier alpha value is -3.61. The second-order valence-corrected chi connectivity index (χ2v) is 7.55. The van der Waals surface area contributed by atoms with Gasteiger partial charge in [0, 0.05) is 50.0 Å². The Morgan fingerprint density at radius 2 is 1.74 bits per heavy atom. The lowest BCUT2D eigenvalue weighted by atomic mass is 10.1. The first-order valence-electron chi connectivity index (χ1n) is 10.5. The number of para-hydroxylation sites is 1. The van der Waals surface area contributed by atoms with Gasteiger partial charge in [-0.2, -0.15) is 0 Å². The molecule has 1 N–H and O–H groups in total. The first-order chi connectivity index (χ1) is 15.2. The van der Waals surface area contributed by atoms with Crippen LogP contribution in [-0.2, 0) is 0 Å². The van der Waals surface area contributed by atoms with Gasteiger partial charge in [-0.1, -0.05) is 18.2 Å². The van der Waals surface area contributed by atoms with Crippen molar-refractivity contribution >= 4 is 28.9 Å². The summed E-state index contributed by atoms with van der Waals surface area (Å²) < 4.78 is 5.59. The van der Waals surface area contributed by atoms with E-state index >= 15 is 0 Å². The summed E-state index contributed by atoms with van der Waals surface area (Å²) in [5.41, 5.74) is 3.18. The zero-order valence-electron chi connectivity index (χ0n) is 17.9. The third kappa shape index (κ3) is 4.77. The van der Waals surface area contributed by atoms with Crippen molar-refractivity contribution in [2.75, 3.05) is 42.4 Å². The molecule has 0 aliphatic carbocycles. The fourth-order valence-electron chi connectivity index (χ4n) is 3.72. The lowest BCUT2D eigenvalue weighted by molar-refractivity contribution is 0.0992. The molecule has 0 atom stereocenters. The van der Waals surface area contributed by atoms with Gasteiger partial charge < -0.3 is 19.9 Å². The smallest absolute Gasteiger partial charge is 0.261 e. The molecule has 31 heavy (non-hydrogen) atoms. The number of nitrogens with zero attached hydrogens (tertiary/aromatic N) is 4. The van der Waals surface area contributed by atoms with Crippen molar-refractivity contribution < 1.29 is 9.53 Å². The second-order valence-electron chi connectivity index (χ2n) is 7.55. The number of ether oxygens (including phenoxy) is 1. The molecule has 7 heteroatoms. The fraction of sp³-hybridized carbons (Fsp3) is 0.292. The highest BCUT2D eigenvalue weighted by Gasteiger charge is 2.16. The van der Waals surface area contributed by atoms with Crippen LogP contribution in [0.15, 0.2) is 60.9 Å². The number of methoxy groups -OCH3 is 1. The van der Waals surface area contributed by atoms with Gasteiger partial charge in [0.15, 0.2) is 0 Å². The van der Waals surface area contributed by atoms with E-state index in [2.05, 4.69) is 26.3 Å². The largest absolute Gasteiger partial charge is 0.494 e. The van der Waals surface area contributed by atoms with Crippen molar-refractivity contribution in [1.29, 1.82) is 0 Å². The maximum Gasteiger partial charge on any atom is 0.261 e. The van der Waals surface area contributed by atoms with Crippen molar-refractivity contribution in [1.82, 2.24) is 9.97 Å². The molecule has 1 aromatic heterocycles. The molecule has 2 aromatic carbocycles. The van der Waals surface area contributed by atoms with Crippen LogP contribution in [0.25, 0.3) is 0 Å². The van der Waals surface area contributed by atoms with Crippen LogP contribution in [-0.4, -0.2) is 43.1 Å². The van der Waals surface area contributed by atoms with E-state index in [1.54, 1.807) is 19.1 Å². The molecule has 160 valence electrons. The van der Waals surface area contributed by atoms with Gasteiger partial charge in [0.2, 0.25) is 5.95 Å². The molecule has 1 saturated heterocycles. The normalized spacial score (nSPS) is 13.5. The van der Waals surface area contributed by atoms with E-state index in [1.165, 1.54) is 31.7 Å². The SMILES string of the molecule is COc1cc(N2CCCCC2)ccc1Nc1ncc(C(=O)N(C)c2ccccc2)cn1. The molecule has 1 aliphatic rings. The Morgan fingerprint density at radius 3 is 2.42 bits per heavy atom. The van der Waals surface area contributed by atoms with Crippen molar-refractivity contribution in [3.8, 4) is 5.75 Å². The van der Waals surface area contributed by atoms with E-state index in [9.17, 15) is 4.79 Å². The summed E-state index contributed by atoms with van der Waals surface area (Å²) in [5.74, 6) is 0.972. The van der Waals surface area contributed by atoms with Crippen LogP contribution in [0.3, 0.4) is 0 Å². The van der Waals surface area contributed by atoms with Crippen LogP contribution in [0, 0.1) is 0 Å². The highest BCUT2D eigenvalue weighted by Crippen LogP contribution is 2.32. The number of hydrogen-bond acceptors (Lipinski definition) is 6. The lowest BCUT2D eigenvalue weighted by Gasteiger charge is -2.29. The van der Waals surface area contributed by atoms with Crippen LogP contribution in [0.4, 0.5) is 23.0 Å². The van der Waals surface area contributed by atoms with Crippen molar-refractivity contribution in [3.63, 3.8) is 0 Å². The van der Waals surface area contributed by atoms with Crippen LogP contribution in [0.2, 0.25) is 0 Å². The Kier molecular flexibility index (Phi) is 6.31. The molecule has 4 rings (SSSR count). The van der Waals surface area contributed by atoms with Crippen LogP contribution in [0.5, 0.6) is 5.75 Å². The van der Waals surface area contributed by atoms with Gasteiger partial charge in [0.1, 0.15) is 5.75 Å². The molecule has 1 aliphatic heterocycles. The summed E-state index contributed by atoms with van der Waals surface area (Å²) in [6.07, 6.45) is 6.81. The Morgan fingerprint density at radius 1 is 1.03 bits per heavy atom. The number of nitrogens with one attached hydrogen (secondary N) is 1. The minimum Gasteiger partial charge on any atom is -0.494 e. The average molecular weight is 418 g/mol. The van der Waals surface area contributed by atoms with Crippen LogP contribution in [0.1, 0.15) is 29.6 Å². The topological polar surface area (TPSA) is 70.6 Å². The zero-order valence-corrected chi connectivity index (χ0v) is 17.9. The molecule has 2 heterocycles. The number of amides is 1. The molecular formula is C24H27N5O2. The number of carbonyl (C=O) groups is 1. The maximum absolute atomic E-state index is 12.7. The van der Waals surface area contributed by atoms with Gasteiger partial charge in [-0.05, 0) is 43.5 Å². The Bertz CT molecular complexity index is 1020. The van der Waals surface area contributed by atoms with Gasteiger partial charge in [0.25, 0.3) is 5.91 Å². The monoisotopic (exact) mass is 417 g/mol. The van der Waals surface area contributed by atoms with Gasteiger partial charge in [-0.15, -0.1) is 0 Å². The number of carbonyl (C=O) groups excluding carboxylic acids is 1. The van der Waals surface area contributed by atoms with E-state index in [4.69, 9.17) is 4.74 Å². The summed E-state index contributed by atoms with van der Waals surface area (Å²) in [6.45, 7) is 2.15. The van der Waals surface area contributed by atoms with E-state index in [-0.39, 0.29) is 5.91 Å². The average Bonchev–Trinajstić information content (AvgIpc) is 2.85. The number of anilines is 4.